The minimum atomic E-state index is -0.255. The average molecular weight is 272 g/mol. The van der Waals surface area contributed by atoms with Crippen molar-refractivity contribution < 1.29 is 14.3 Å². The lowest BCUT2D eigenvalue weighted by atomic mass is 9.90. The van der Waals surface area contributed by atoms with E-state index in [2.05, 4.69) is 18.2 Å². The van der Waals surface area contributed by atoms with Crippen LogP contribution in [-0.2, 0) is 9.53 Å². The van der Waals surface area contributed by atoms with Crippen molar-refractivity contribution in [2.24, 2.45) is 0 Å². The largest absolute Gasteiger partial charge is 0.497 e. The van der Waals surface area contributed by atoms with Gasteiger partial charge in [0.15, 0.2) is 0 Å². The molecule has 0 saturated carbocycles. The van der Waals surface area contributed by atoms with E-state index in [1.165, 1.54) is 11.1 Å². The van der Waals surface area contributed by atoms with E-state index < -0.39 is 0 Å². The van der Waals surface area contributed by atoms with E-state index >= 15 is 0 Å². The third kappa shape index (κ3) is 3.73. The summed E-state index contributed by atoms with van der Waals surface area (Å²) in [7, 11) is 1.66. The highest BCUT2D eigenvalue weighted by molar-refractivity contribution is 5.84. The first-order chi connectivity index (χ1) is 9.72. The second kappa shape index (κ2) is 6.94. The molecule has 0 spiro atoms. The third-order valence-corrected chi connectivity index (χ3v) is 3.32. The van der Waals surface area contributed by atoms with E-state index in [0.29, 0.717) is 6.61 Å². The Morgan fingerprint density at radius 1 is 1.25 bits per heavy atom. The van der Waals surface area contributed by atoms with Gasteiger partial charge in [-0.3, -0.25) is 0 Å². The first kappa shape index (κ1) is 14.4. The van der Waals surface area contributed by atoms with Crippen LogP contribution in [0.1, 0.15) is 31.7 Å². The van der Waals surface area contributed by atoms with Crippen molar-refractivity contribution in [3.63, 3.8) is 0 Å². The van der Waals surface area contributed by atoms with Gasteiger partial charge in [0.25, 0.3) is 0 Å². The van der Waals surface area contributed by atoms with Crippen molar-refractivity contribution >= 4 is 11.5 Å². The number of ether oxygens (including phenoxy) is 2. The molecule has 3 heteroatoms. The normalized spacial score (nSPS) is 16.7. The number of hydrogen-bond donors (Lipinski definition) is 0. The van der Waals surface area contributed by atoms with Gasteiger partial charge in [0.05, 0.1) is 13.7 Å². The highest BCUT2D eigenvalue weighted by Gasteiger charge is 2.11. The molecule has 0 N–H and O–H groups in total. The van der Waals surface area contributed by atoms with Crippen LogP contribution in [-0.4, -0.2) is 19.7 Å². The molecule has 0 saturated heterocycles. The number of carbonyl (C=O) groups is 1. The summed E-state index contributed by atoms with van der Waals surface area (Å²) in [5.41, 5.74) is 3.48. The Kier molecular flexibility index (Phi) is 4.99. The lowest BCUT2D eigenvalue weighted by molar-refractivity contribution is -0.137. The van der Waals surface area contributed by atoms with Crippen LogP contribution in [0.2, 0.25) is 0 Å². The van der Waals surface area contributed by atoms with Gasteiger partial charge in [0.1, 0.15) is 5.75 Å². The molecule has 1 aliphatic rings. The summed E-state index contributed by atoms with van der Waals surface area (Å²) in [6, 6.07) is 8.02. The number of methoxy groups -OCH3 is 1. The Bertz CT molecular complexity index is 524. The number of benzene rings is 1. The summed E-state index contributed by atoms with van der Waals surface area (Å²) in [5, 5.41) is 0. The summed E-state index contributed by atoms with van der Waals surface area (Å²) < 4.78 is 10.1. The Morgan fingerprint density at radius 2 is 2.00 bits per heavy atom. The summed E-state index contributed by atoms with van der Waals surface area (Å²) >= 11 is 0. The summed E-state index contributed by atoms with van der Waals surface area (Å²) in [6.45, 7) is 2.23. The predicted octanol–water partition coefficient (Wildman–Crippen LogP) is 3.75. The van der Waals surface area contributed by atoms with Gasteiger partial charge in [0.2, 0.25) is 0 Å². The molecule has 3 nitrogen and oxygen atoms in total. The standard InChI is InChI=1S/C17H20O3/c1-3-20-17(18)12-13-5-4-6-15(11-13)14-7-9-16(19-2)10-8-14/h7-12H,3-6H2,1-2H3. The highest BCUT2D eigenvalue weighted by Crippen LogP contribution is 2.30. The molecule has 0 aliphatic heterocycles. The molecule has 0 atom stereocenters. The molecular formula is C17H20O3. The highest BCUT2D eigenvalue weighted by atomic mass is 16.5. The van der Waals surface area contributed by atoms with E-state index in [9.17, 15) is 4.79 Å². The average Bonchev–Trinajstić information content (AvgIpc) is 2.48. The van der Waals surface area contributed by atoms with Crippen LogP contribution in [0.25, 0.3) is 5.57 Å². The van der Waals surface area contributed by atoms with Gasteiger partial charge < -0.3 is 9.47 Å². The number of carbonyl (C=O) groups excluding carboxylic acids is 1. The second-order valence-electron chi connectivity index (χ2n) is 4.72. The third-order valence-electron chi connectivity index (χ3n) is 3.32. The molecule has 1 aromatic carbocycles. The lowest BCUT2D eigenvalue weighted by Crippen LogP contribution is -2.02. The SMILES string of the molecule is CCOC(=O)C=C1C=C(c2ccc(OC)cc2)CCC1. The first-order valence-electron chi connectivity index (χ1n) is 6.95. The van der Waals surface area contributed by atoms with Gasteiger partial charge in [-0.2, -0.15) is 0 Å². The molecule has 0 unspecified atom stereocenters. The van der Waals surface area contributed by atoms with Crippen LogP contribution < -0.4 is 4.74 Å². The maximum atomic E-state index is 11.5. The monoisotopic (exact) mass is 272 g/mol. The van der Waals surface area contributed by atoms with Crippen molar-refractivity contribution in [1.82, 2.24) is 0 Å². The molecule has 0 fully saturated rings. The number of rotatable bonds is 4. The van der Waals surface area contributed by atoms with Crippen molar-refractivity contribution in [2.75, 3.05) is 13.7 Å². The topological polar surface area (TPSA) is 35.5 Å². The number of allylic oxidation sites excluding steroid dienone is 3. The van der Waals surface area contributed by atoms with Gasteiger partial charge in [-0.05, 0) is 55.0 Å². The van der Waals surface area contributed by atoms with Crippen LogP contribution in [0.15, 0.2) is 42.0 Å². The van der Waals surface area contributed by atoms with E-state index in [0.717, 1.165) is 30.6 Å². The van der Waals surface area contributed by atoms with Crippen molar-refractivity contribution in [2.45, 2.75) is 26.2 Å². The molecule has 1 aromatic rings. The van der Waals surface area contributed by atoms with Crippen molar-refractivity contribution in [1.29, 1.82) is 0 Å². The minimum absolute atomic E-state index is 0.255. The van der Waals surface area contributed by atoms with Crippen LogP contribution in [0.4, 0.5) is 0 Å². The lowest BCUT2D eigenvalue weighted by Gasteiger charge is -2.15. The zero-order valence-electron chi connectivity index (χ0n) is 12.0. The van der Waals surface area contributed by atoms with Gasteiger partial charge in [-0.25, -0.2) is 4.79 Å². The Balaban J connectivity index is 2.18. The maximum absolute atomic E-state index is 11.5. The first-order valence-corrected chi connectivity index (χ1v) is 6.95. The maximum Gasteiger partial charge on any atom is 0.331 e. The summed E-state index contributed by atoms with van der Waals surface area (Å²) in [5.74, 6) is 0.599. The Hall–Kier alpha value is -2.03. The van der Waals surface area contributed by atoms with Crippen LogP contribution in [0.3, 0.4) is 0 Å². The fourth-order valence-corrected chi connectivity index (χ4v) is 2.33. The smallest absolute Gasteiger partial charge is 0.331 e. The van der Waals surface area contributed by atoms with Crippen LogP contribution in [0, 0.1) is 0 Å². The number of hydrogen-bond acceptors (Lipinski definition) is 3. The quantitative estimate of drug-likeness (QED) is 0.618. The summed E-state index contributed by atoms with van der Waals surface area (Å²) in [4.78, 5) is 11.5. The summed E-state index contributed by atoms with van der Waals surface area (Å²) in [6.07, 6.45) is 6.72. The predicted molar refractivity (Wildman–Crippen MR) is 79.5 cm³/mol. The second-order valence-corrected chi connectivity index (χ2v) is 4.72. The van der Waals surface area contributed by atoms with Crippen LogP contribution in [0.5, 0.6) is 5.75 Å². The fraction of sp³-hybridized carbons (Fsp3) is 0.353. The molecule has 20 heavy (non-hydrogen) atoms. The molecule has 0 heterocycles. The van der Waals surface area contributed by atoms with Gasteiger partial charge in [-0.15, -0.1) is 0 Å². The van der Waals surface area contributed by atoms with Gasteiger partial charge in [-0.1, -0.05) is 18.2 Å². The molecule has 0 aromatic heterocycles. The van der Waals surface area contributed by atoms with E-state index in [4.69, 9.17) is 9.47 Å². The fourth-order valence-electron chi connectivity index (χ4n) is 2.33. The molecule has 2 rings (SSSR count). The van der Waals surface area contributed by atoms with E-state index in [-0.39, 0.29) is 5.97 Å². The number of esters is 1. The zero-order chi connectivity index (χ0) is 14.4. The van der Waals surface area contributed by atoms with Crippen LogP contribution >= 0.6 is 0 Å². The van der Waals surface area contributed by atoms with E-state index in [1.807, 2.05) is 19.1 Å². The van der Waals surface area contributed by atoms with Crippen molar-refractivity contribution in [3.8, 4) is 5.75 Å². The minimum Gasteiger partial charge on any atom is -0.497 e. The van der Waals surface area contributed by atoms with Gasteiger partial charge >= 0.3 is 5.97 Å². The molecule has 0 radical (unpaired) electrons. The van der Waals surface area contributed by atoms with Gasteiger partial charge in [0, 0.05) is 6.08 Å². The molecular weight excluding hydrogens is 252 g/mol. The molecule has 0 amide bonds. The molecule has 106 valence electrons. The molecule has 1 aliphatic carbocycles. The van der Waals surface area contributed by atoms with Crippen molar-refractivity contribution in [3.05, 3.63) is 47.6 Å². The molecule has 0 bridgehead atoms. The van der Waals surface area contributed by atoms with E-state index in [1.54, 1.807) is 13.2 Å². The Morgan fingerprint density at radius 3 is 2.65 bits per heavy atom. The Labute approximate surface area is 119 Å². The zero-order valence-corrected chi connectivity index (χ0v) is 12.0.